The molecule has 160 valence electrons. The minimum atomic E-state index is -0.663. The maximum atomic E-state index is 12.9. The predicted molar refractivity (Wildman–Crippen MR) is 121 cm³/mol. The highest BCUT2D eigenvalue weighted by Gasteiger charge is 2.35. The monoisotopic (exact) mass is 417 g/mol. The van der Waals surface area contributed by atoms with Crippen LogP contribution in [0.5, 0.6) is 0 Å². The van der Waals surface area contributed by atoms with Crippen molar-refractivity contribution in [3.8, 4) is 0 Å². The highest BCUT2D eigenvalue weighted by atomic mass is 16.2. The van der Waals surface area contributed by atoms with Gasteiger partial charge in [-0.2, -0.15) is 0 Å². The van der Waals surface area contributed by atoms with Gasteiger partial charge in [-0.3, -0.25) is 19.8 Å². The zero-order valence-electron chi connectivity index (χ0n) is 17.8. The van der Waals surface area contributed by atoms with E-state index in [4.69, 9.17) is 0 Å². The number of rotatable bonds is 7. The molecular weight excluding hydrogens is 390 g/mol. The minimum Gasteiger partial charge on any atom is -0.371 e. The summed E-state index contributed by atoms with van der Waals surface area (Å²) in [6, 6.07) is 15.0. The van der Waals surface area contributed by atoms with Crippen molar-refractivity contribution in [3.05, 3.63) is 70.8 Å². The van der Waals surface area contributed by atoms with Gasteiger partial charge in [0.15, 0.2) is 0 Å². The molecule has 2 heterocycles. The van der Waals surface area contributed by atoms with Crippen molar-refractivity contribution in [2.24, 2.45) is 0 Å². The van der Waals surface area contributed by atoms with E-state index < -0.39 is 17.8 Å². The number of unbranched alkanes of at least 4 members (excludes halogenated alkanes) is 1. The van der Waals surface area contributed by atoms with E-state index in [1.807, 2.05) is 42.5 Å². The molecule has 2 aliphatic rings. The van der Waals surface area contributed by atoms with Crippen LogP contribution in [0.2, 0.25) is 0 Å². The van der Waals surface area contributed by atoms with Gasteiger partial charge in [0, 0.05) is 25.3 Å². The van der Waals surface area contributed by atoms with Crippen LogP contribution in [0.1, 0.15) is 36.5 Å². The fraction of sp³-hybridized carbons (Fsp3) is 0.320. The molecule has 0 radical (unpaired) electrons. The highest BCUT2D eigenvalue weighted by molar-refractivity contribution is 6.31. The topological polar surface area (TPSA) is 69.7 Å². The number of benzene rings is 2. The van der Waals surface area contributed by atoms with E-state index >= 15 is 0 Å². The summed E-state index contributed by atoms with van der Waals surface area (Å²) in [5.41, 5.74) is 4.28. The second-order valence-corrected chi connectivity index (χ2v) is 7.99. The average molecular weight is 418 g/mol. The number of imide groups is 2. The van der Waals surface area contributed by atoms with Gasteiger partial charge >= 0.3 is 6.03 Å². The fourth-order valence-electron chi connectivity index (χ4n) is 4.11. The van der Waals surface area contributed by atoms with E-state index in [-0.39, 0.29) is 12.1 Å². The molecule has 0 atom stereocenters. The molecule has 2 aliphatic heterocycles. The number of nitrogens with one attached hydrogen (secondary N) is 1. The molecule has 0 spiro atoms. The Balaban J connectivity index is 1.52. The van der Waals surface area contributed by atoms with Crippen LogP contribution >= 0.6 is 0 Å². The van der Waals surface area contributed by atoms with Crippen LogP contribution in [-0.4, -0.2) is 42.4 Å². The Morgan fingerprint density at radius 1 is 1.03 bits per heavy atom. The Labute approximate surface area is 182 Å². The first-order chi connectivity index (χ1) is 15.1. The first kappa shape index (κ1) is 20.8. The van der Waals surface area contributed by atoms with Gasteiger partial charge in [0.25, 0.3) is 11.8 Å². The number of barbiturate groups is 1. The van der Waals surface area contributed by atoms with Crippen molar-refractivity contribution in [3.63, 3.8) is 0 Å². The van der Waals surface area contributed by atoms with Crippen LogP contribution < -0.4 is 10.2 Å². The molecule has 0 aromatic heterocycles. The molecule has 2 aromatic carbocycles. The van der Waals surface area contributed by atoms with Gasteiger partial charge in [-0.25, -0.2) is 4.79 Å². The van der Waals surface area contributed by atoms with E-state index in [0.29, 0.717) is 6.42 Å². The number of nitrogens with zero attached hydrogens (tertiary/aromatic N) is 2. The maximum Gasteiger partial charge on any atom is 0.331 e. The third-order valence-electron chi connectivity index (χ3n) is 5.84. The highest BCUT2D eigenvalue weighted by Crippen LogP contribution is 2.30. The fourth-order valence-corrected chi connectivity index (χ4v) is 4.11. The second kappa shape index (κ2) is 9.16. The zero-order valence-corrected chi connectivity index (χ0v) is 17.8. The number of amides is 4. The largest absolute Gasteiger partial charge is 0.371 e. The van der Waals surface area contributed by atoms with Gasteiger partial charge < -0.3 is 4.90 Å². The summed E-state index contributed by atoms with van der Waals surface area (Å²) >= 11 is 0. The summed E-state index contributed by atoms with van der Waals surface area (Å²) in [7, 11) is 0. The minimum absolute atomic E-state index is 0.00607. The number of hydrogen-bond donors (Lipinski definition) is 1. The van der Waals surface area contributed by atoms with Gasteiger partial charge in [-0.05, 0) is 54.2 Å². The first-order valence-electron chi connectivity index (χ1n) is 10.9. The van der Waals surface area contributed by atoms with Crippen molar-refractivity contribution in [2.75, 3.05) is 24.5 Å². The third kappa shape index (κ3) is 4.53. The third-order valence-corrected chi connectivity index (χ3v) is 5.84. The quantitative estimate of drug-likeness (QED) is 0.553. The van der Waals surface area contributed by atoms with E-state index in [1.165, 1.54) is 11.3 Å². The SMILES string of the molecule is CCCCN1CCc2cc(C=C3C(=O)NC(=O)N(CCc4ccccc4)C3=O)ccc21. The molecule has 0 aliphatic carbocycles. The summed E-state index contributed by atoms with van der Waals surface area (Å²) in [5, 5.41) is 2.30. The Bertz CT molecular complexity index is 1030. The molecule has 6 nitrogen and oxygen atoms in total. The van der Waals surface area contributed by atoms with Gasteiger partial charge in [0.2, 0.25) is 0 Å². The molecular formula is C25H27N3O3. The van der Waals surface area contributed by atoms with Crippen LogP contribution in [0, 0.1) is 0 Å². The van der Waals surface area contributed by atoms with E-state index in [1.54, 1.807) is 6.08 Å². The number of anilines is 1. The molecule has 0 bridgehead atoms. The molecule has 1 fully saturated rings. The molecule has 6 heteroatoms. The lowest BCUT2D eigenvalue weighted by atomic mass is 10.0. The van der Waals surface area contributed by atoms with Crippen LogP contribution in [0.4, 0.5) is 10.5 Å². The Kier molecular flexibility index (Phi) is 6.16. The van der Waals surface area contributed by atoms with Crippen LogP contribution in [0.15, 0.2) is 54.1 Å². The zero-order chi connectivity index (χ0) is 21.8. The van der Waals surface area contributed by atoms with Gasteiger partial charge in [-0.15, -0.1) is 0 Å². The summed E-state index contributed by atoms with van der Waals surface area (Å²) in [5.74, 6) is -1.19. The lowest BCUT2D eigenvalue weighted by Gasteiger charge is -2.26. The molecule has 0 unspecified atom stereocenters. The van der Waals surface area contributed by atoms with Crippen molar-refractivity contribution >= 4 is 29.6 Å². The van der Waals surface area contributed by atoms with E-state index in [2.05, 4.69) is 23.2 Å². The van der Waals surface area contributed by atoms with Crippen LogP contribution in [0.3, 0.4) is 0 Å². The lowest BCUT2D eigenvalue weighted by Crippen LogP contribution is -2.54. The van der Waals surface area contributed by atoms with E-state index in [0.717, 1.165) is 48.4 Å². The number of fused-ring (bicyclic) bond motifs is 1. The molecule has 4 rings (SSSR count). The molecule has 1 N–H and O–H groups in total. The van der Waals surface area contributed by atoms with Crippen molar-refractivity contribution < 1.29 is 14.4 Å². The predicted octanol–water partition coefficient (Wildman–Crippen LogP) is 3.55. The molecule has 2 aromatic rings. The summed E-state index contributed by atoms with van der Waals surface area (Å²) in [6.07, 6.45) is 5.40. The van der Waals surface area contributed by atoms with E-state index in [9.17, 15) is 14.4 Å². The van der Waals surface area contributed by atoms with Gasteiger partial charge in [0.05, 0.1) is 0 Å². The number of hydrogen-bond acceptors (Lipinski definition) is 4. The Morgan fingerprint density at radius 2 is 1.84 bits per heavy atom. The summed E-state index contributed by atoms with van der Waals surface area (Å²) < 4.78 is 0. The normalized spacial score (nSPS) is 17.3. The molecule has 1 saturated heterocycles. The number of carbonyl (C=O) groups excluding carboxylic acids is 3. The van der Waals surface area contributed by atoms with Gasteiger partial charge in [0.1, 0.15) is 5.57 Å². The Hall–Kier alpha value is -3.41. The van der Waals surface area contributed by atoms with Crippen molar-refractivity contribution in [1.29, 1.82) is 0 Å². The molecule has 4 amide bonds. The molecule has 31 heavy (non-hydrogen) atoms. The summed E-state index contributed by atoms with van der Waals surface area (Å²) in [4.78, 5) is 41.1. The Morgan fingerprint density at radius 3 is 2.61 bits per heavy atom. The maximum absolute atomic E-state index is 12.9. The standard InChI is InChI=1S/C25H27N3O3/c1-2-3-13-27-14-12-20-16-19(9-10-22(20)27)17-21-23(29)26-25(31)28(24(21)30)15-11-18-7-5-4-6-8-18/h4-10,16-17H,2-3,11-15H2,1H3,(H,26,29,31). The average Bonchev–Trinajstić information content (AvgIpc) is 3.18. The number of carbonyl (C=O) groups is 3. The molecule has 0 saturated carbocycles. The van der Waals surface area contributed by atoms with Crippen LogP contribution in [-0.2, 0) is 22.4 Å². The first-order valence-corrected chi connectivity index (χ1v) is 10.9. The summed E-state index contributed by atoms with van der Waals surface area (Å²) in [6.45, 7) is 4.45. The van der Waals surface area contributed by atoms with Gasteiger partial charge in [-0.1, -0.05) is 49.7 Å². The van der Waals surface area contributed by atoms with Crippen LogP contribution in [0.25, 0.3) is 6.08 Å². The van der Waals surface area contributed by atoms with Crippen molar-refractivity contribution in [2.45, 2.75) is 32.6 Å². The smallest absolute Gasteiger partial charge is 0.331 e. The lowest BCUT2D eigenvalue weighted by molar-refractivity contribution is -0.130. The van der Waals surface area contributed by atoms with Crippen molar-refractivity contribution in [1.82, 2.24) is 10.2 Å². The second-order valence-electron chi connectivity index (χ2n) is 7.99. The number of urea groups is 1.